The van der Waals surface area contributed by atoms with Crippen LogP contribution in [-0.4, -0.2) is 39.0 Å². The van der Waals surface area contributed by atoms with Gasteiger partial charge in [-0.3, -0.25) is 9.59 Å². The Hall–Kier alpha value is -2.28. The number of hydrogen-bond acceptors (Lipinski definition) is 5. The van der Waals surface area contributed by atoms with Crippen LogP contribution in [0.4, 0.5) is 5.13 Å². The van der Waals surface area contributed by atoms with E-state index < -0.39 is 0 Å². The van der Waals surface area contributed by atoms with Crippen molar-refractivity contribution in [3.05, 3.63) is 40.9 Å². The average molecular weight is 387 g/mol. The Labute approximate surface area is 164 Å². The summed E-state index contributed by atoms with van der Waals surface area (Å²) in [6.45, 7) is 8.55. The van der Waals surface area contributed by atoms with Crippen LogP contribution in [0, 0.1) is 5.92 Å². The van der Waals surface area contributed by atoms with Gasteiger partial charge in [-0.15, -0.1) is 10.2 Å². The molecule has 2 aromatic rings. The monoisotopic (exact) mass is 386 g/mol. The summed E-state index contributed by atoms with van der Waals surface area (Å²) in [6.07, 6.45) is 1.02. The molecule has 27 heavy (non-hydrogen) atoms. The van der Waals surface area contributed by atoms with E-state index in [2.05, 4.69) is 34.6 Å². The molecule has 1 aliphatic heterocycles. The molecule has 1 fully saturated rings. The molecule has 2 amide bonds. The fourth-order valence-electron chi connectivity index (χ4n) is 3.29. The predicted octanol–water partition coefficient (Wildman–Crippen LogP) is 3.47. The van der Waals surface area contributed by atoms with E-state index in [9.17, 15) is 9.59 Å². The Balaban J connectivity index is 1.58. The van der Waals surface area contributed by atoms with Gasteiger partial charge in [-0.25, -0.2) is 0 Å². The minimum absolute atomic E-state index is 0.0253. The van der Waals surface area contributed by atoms with Gasteiger partial charge in [0.25, 0.3) is 0 Å². The molecule has 7 heteroatoms. The predicted molar refractivity (Wildman–Crippen MR) is 107 cm³/mol. The summed E-state index contributed by atoms with van der Waals surface area (Å²) in [5.74, 6) is -0.144. The van der Waals surface area contributed by atoms with Crippen molar-refractivity contribution in [2.45, 2.75) is 52.0 Å². The number of carbonyl (C=O) groups excluding carboxylic acids is 2. The van der Waals surface area contributed by atoms with Gasteiger partial charge in [-0.2, -0.15) is 0 Å². The second kappa shape index (κ2) is 7.76. The fourth-order valence-corrected chi connectivity index (χ4v) is 4.16. The number of likely N-dealkylation sites (tertiary alicyclic amines) is 1. The van der Waals surface area contributed by atoms with E-state index in [0.29, 0.717) is 17.6 Å². The van der Waals surface area contributed by atoms with E-state index in [1.807, 2.05) is 39.0 Å². The smallest absolute Gasteiger partial charge is 0.231 e. The van der Waals surface area contributed by atoms with E-state index >= 15 is 0 Å². The highest BCUT2D eigenvalue weighted by atomic mass is 32.1. The Morgan fingerprint density at radius 2 is 2.00 bits per heavy atom. The lowest BCUT2D eigenvalue weighted by atomic mass is 9.98. The first-order valence-corrected chi connectivity index (χ1v) is 10.0. The fraction of sp³-hybridized carbons (Fsp3) is 0.500. The topological polar surface area (TPSA) is 75.2 Å². The zero-order valence-corrected chi connectivity index (χ0v) is 17.0. The van der Waals surface area contributed by atoms with Crippen LogP contribution in [0.25, 0.3) is 0 Å². The number of rotatable bonds is 5. The van der Waals surface area contributed by atoms with E-state index in [-0.39, 0.29) is 29.7 Å². The van der Waals surface area contributed by atoms with Gasteiger partial charge >= 0.3 is 0 Å². The number of nitrogens with zero attached hydrogens (tertiary/aromatic N) is 3. The molecule has 2 atom stereocenters. The van der Waals surface area contributed by atoms with Crippen molar-refractivity contribution >= 4 is 28.3 Å². The van der Waals surface area contributed by atoms with Crippen LogP contribution in [0.15, 0.2) is 30.3 Å². The van der Waals surface area contributed by atoms with Crippen LogP contribution < -0.4 is 5.32 Å². The third-order valence-electron chi connectivity index (χ3n) is 4.85. The van der Waals surface area contributed by atoms with Crippen LogP contribution in [0.1, 0.15) is 50.6 Å². The maximum atomic E-state index is 12.5. The number of nitrogens with one attached hydrogen (secondary N) is 1. The summed E-state index contributed by atoms with van der Waals surface area (Å²) in [4.78, 5) is 26.5. The van der Waals surface area contributed by atoms with Gasteiger partial charge in [0, 0.05) is 24.9 Å². The first-order chi connectivity index (χ1) is 12.7. The maximum absolute atomic E-state index is 12.5. The standard InChI is InChI=1S/C20H26N4O2S/c1-13(14-8-6-5-7-9-14)10-16-22-23-19(27-16)21-18(26)15-11-17(25)24(12-15)20(2,3)4/h5-9,13,15H,10-12H2,1-4H3,(H,21,23,26). The molecule has 3 rings (SSSR count). The minimum Gasteiger partial charge on any atom is -0.337 e. The number of aromatic nitrogens is 2. The molecular formula is C20H26N4O2S. The zero-order valence-electron chi connectivity index (χ0n) is 16.2. The largest absolute Gasteiger partial charge is 0.337 e. The lowest BCUT2D eigenvalue weighted by Crippen LogP contribution is -2.42. The van der Waals surface area contributed by atoms with Crippen LogP contribution in [0.3, 0.4) is 0 Å². The van der Waals surface area contributed by atoms with Crippen molar-refractivity contribution < 1.29 is 9.59 Å². The summed E-state index contributed by atoms with van der Waals surface area (Å²) < 4.78 is 0. The maximum Gasteiger partial charge on any atom is 0.231 e. The van der Waals surface area contributed by atoms with Crippen LogP contribution in [-0.2, 0) is 16.0 Å². The summed E-state index contributed by atoms with van der Waals surface area (Å²) in [5, 5.41) is 12.5. The average Bonchev–Trinajstić information content (AvgIpc) is 3.21. The van der Waals surface area contributed by atoms with E-state index in [1.165, 1.54) is 16.9 Å². The van der Waals surface area contributed by atoms with Crippen molar-refractivity contribution in [2.24, 2.45) is 5.92 Å². The molecule has 1 N–H and O–H groups in total. The van der Waals surface area contributed by atoms with Crippen LogP contribution in [0.5, 0.6) is 0 Å². The molecular weight excluding hydrogens is 360 g/mol. The van der Waals surface area contributed by atoms with Crippen molar-refractivity contribution in [1.29, 1.82) is 0 Å². The summed E-state index contributed by atoms with van der Waals surface area (Å²) in [7, 11) is 0. The third kappa shape index (κ3) is 4.71. The molecule has 0 aliphatic carbocycles. The molecule has 0 spiro atoms. The summed E-state index contributed by atoms with van der Waals surface area (Å²) >= 11 is 1.40. The molecule has 1 aromatic carbocycles. The van der Waals surface area contributed by atoms with Crippen molar-refractivity contribution in [2.75, 3.05) is 11.9 Å². The number of hydrogen-bond donors (Lipinski definition) is 1. The highest BCUT2D eigenvalue weighted by molar-refractivity contribution is 7.15. The zero-order chi connectivity index (χ0) is 19.6. The molecule has 1 aromatic heterocycles. The van der Waals surface area contributed by atoms with Gasteiger partial charge in [0.2, 0.25) is 16.9 Å². The van der Waals surface area contributed by atoms with Crippen molar-refractivity contribution in [1.82, 2.24) is 15.1 Å². The summed E-state index contributed by atoms with van der Waals surface area (Å²) in [6, 6.07) is 10.3. The third-order valence-corrected chi connectivity index (χ3v) is 5.71. The second-order valence-electron chi connectivity index (χ2n) is 8.08. The van der Waals surface area contributed by atoms with Gasteiger partial charge in [-0.1, -0.05) is 48.6 Å². The highest BCUT2D eigenvalue weighted by Crippen LogP contribution is 2.28. The van der Waals surface area contributed by atoms with Crippen molar-refractivity contribution in [3.63, 3.8) is 0 Å². The van der Waals surface area contributed by atoms with Crippen LogP contribution in [0.2, 0.25) is 0 Å². The molecule has 2 heterocycles. The molecule has 1 saturated heterocycles. The highest BCUT2D eigenvalue weighted by Gasteiger charge is 2.39. The number of benzene rings is 1. The Morgan fingerprint density at radius 1 is 1.30 bits per heavy atom. The van der Waals surface area contributed by atoms with Gasteiger partial charge < -0.3 is 10.2 Å². The number of carbonyl (C=O) groups is 2. The number of anilines is 1. The Morgan fingerprint density at radius 3 is 2.63 bits per heavy atom. The van der Waals surface area contributed by atoms with Crippen LogP contribution >= 0.6 is 11.3 Å². The molecule has 0 saturated carbocycles. The lowest BCUT2D eigenvalue weighted by Gasteiger charge is -2.31. The van der Waals surface area contributed by atoms with Gasteiger partial charge in [-0.05, 0) is 32.3 Å². The SMILES string of the molecule is CC(Cc1nnc(NC(=O)C2CC(=O)N(C(C)(C)C)C2)s1)c1ccccc1. The molecule has 1 aliphatic rings. The van der Waals surface area contributed by atoms with E-state index in [0.717, 1.165) is 11.4 Å². The van der Waals surface area contributed by atoms with Gasteiger partial charge in [0.05, 0.1) is 5.92 Å². The van der Waals surface area contributed by atoms with Gasteiger partial charge in [0.15, 0.2) is 0 Å². The Bertz CT molecular complexity index is 813. The quantitative estimate of drug-likeness (QED) is 0.854. The van der Waals surface area contributed by atoms with Crippen molar-refractivity contribution in [3.8, 4) is 0 Å². The minimum atomic E-state index is -0.340. The second-order valence-corrected chi connectivity index (χ2v) is 9.14. The molecule has 2 unspecified atom stereocenters. The first-order valence-electron chi connectivity index (χ1n) is 9.22. The van der Waals surface area contributed by atoms with E-state index in [4.69, 9.17) is 0 Å². The van der Waals surface area contributed by atoms with E-state index in [1.54, 1.807) is 4.90 Å². The molecule has 6 nitrogen and oxygen atoms in total. The number of amides is 2. The van der Waals surface area contributed by atoms with Gasteiger partial charge in [0.1, 0.15) is 5.01 Å². The molecule has 0 bridgehead atoms. The molecule has 0 radical (unpaired) electrons. The summed E-state index contributed by atoms with van der Waals surface area (Å²) in [5.41, 5.74) is 0.986. The first kappa shape index (κ1) is 19.5. The molecule has 144 valence electrons. The normalized spacial score (nSPS) is 18.6. The lowest BCUT2D eigenvalue weighted by molar-refractivity contribution is -0.131. The Kier molecular flexibility index (Phi) is 5.60.